The van der Waals surface area contributed by atoms with E-state index in [1.54, 1.807) is 0 Å². The van der Waals surface area contributed by atoms with Crippen molar-refractivity contribution in [3.8, 4) is 0 Å². The molecule has 0 aromatic heterocycles. The van der Waals surface area contributed by atoms with Crippen molar-refractivity contribution < 1.29 is 33.8 Å². The average Bonchev–Trinajstić information content (AvgIpc) is 3.80. The Labute approximate surface area is 455 Å². The predicted molar refractivity (Wildman–Crippen MR) is 309 cm³/mol. The normalized spacial score (nSPS) is 30.0. The number of Topliss-reactive ketones (excluding diaryl/α,β-unsaturated/α-hetero) is 3. The quantitative estimate of drug-likeness (QED) is 0.161. The van der Waals surface area contributed by atoms with Crippen LogP contribution in [-0.2, 0) is 28.7 Å². The molecule has 6 aliphatic carbocycles. The summed E-state index contributed by atoms with van der Waals surface area (Å²) in [5, 5.41) is 14.3. The zero-order valence-electron chi connectivity index (χ0n) is 37.8. The smallest absolute Gasteiger partial charge is 0.307 e. The highest BCUT2D eigenvalue weighted by atomic mass is 127. The van der Waals surface area contributed by atoms with Crippen molar-refractivity contribution in [2.45, 2.75) is 118 Å². The Morgan fingerprint density at radius 1 is 0.643 bits per heavy atom. The van der Waals surface area contributed by atoms with Crippen LogP contribution in [0.25, 0.3) is 21.5 Å². The van der Waals surface area contributed by atoms with Crippen LogP contribution >= 0.6 is 67.8 Å². The van der Waals surface area contributed by atoms with Crippen LogP contribution in [-0.4, -0.2) is 40.1 Å². The van der Waals surface area contributed by atoms with Crippen LogP contribution in [0.1, 0.15) is 117 Å². The number of fused-ring (bicyclic) bond motifs is 8. The van der Waals surface area contributed by atoms with E-state index in [-0.39, 0.29) is 80.9 Å². The van der Waals surface area contributed by atoms with Crippen molar-refractivity contribution in [3.05, 3.63) is 166 Å². The molecule has 1 N–H and O–H groups in total. The summed E-state index contributed by atoms with van der Waals surface area (Å²) in [5.74, 6) is 0.760. The summed E-state index contributed by atoms with van der Waals surface area (Å²) in [6, 6.07) is 30.0. The van der Waals surface area contributed by atoms with Gasteiger partial charge in [0.25, 0.3) is 0 Å². The van der Waals surface area contributed by atoms with Gasteiger partial charge in [-0.3, -0.25) is 19.2 Å². The monoisotopic (exact) mass is 1280 g/mol. The lowest BCUT2D eigenvalue weighted by atomic mass is 9.64. The van der Waals surface area contributed by atoms with Gasteiger partial charge in [-0.25, -0.2) is 0 Å². The Balaban J connectivity index is 0.000000181. The molecule has 0 bridgehead atoms. The number of hydrogen-bond donors (Lipinski definition) is 1. The largest absolute Gasteiger partial charge is 0.489 e. The zero-order valence-corrected chi connectivity index (χ0v) is 44.2. The van der Waals surface area contributed by atoms with Gasteiger partial charge in [-0.1, -0.05) is 213 Å². The Kier molecular flexibility index (Phi) is 16.1. The topological polar surface area (TPSA) is 107 Å². The van der Waals surface area contributed by atoms with Gasteiger partial charge in [0.1, 0.15) is 28.9 Å². The van der Waals surface area contributed by atoms with Crippen molar-refractivity contribution in [1.82, 2.24) is 0 Å². The fourth-order valence-electron chi connectivity index (χ4n) is 12.5. The van der Waals surface area contributed by atoms with Crippen molar-refractivity contribution in [2.75, 3.05) is 0 Å². The van der Waals surface area contributed by atoms with E-state index >= 15 is 0 Å². The molecule has 70 heavy (non-hydrogen) atoms. The number of benzene rings is 4. The van der Waals surface area contributed by atoms with Crippen LogP contribution in [0.5, 0.6) is 0 Å². The van der Waals surface area contributed by atoms with E-state index in [2.05, 4.69) is 186 Å². The summed E-state index contributed by atoms with van der Waals surface area (Å²) < 4.78 is 13.3. The van der Waals surface area contributed by atoms with E-state index in [1.807, 2.05) is 24.3 Å². The second-order valence-corrected chi connectivity index (χ2v) is 32.7. The molecule has 0 saturated heterocycles. The molecule has 2 aliphatic heterocycles. The SMILES string of the molecule is C.C.C.CC(I)(I)I.C[C@]12C=CC3=CC4=C(CC(C(=O)O)CC4=O)O[C@H]3[C@@H]1CC[C@@H]2c1ccc2ccccc2c1.C[C@]12C=CC3=CC4=C(CCCC4=O)O[C@H]3[C@@H]1CC(=O)[C@@H]2c1ccc2ccccc2c1. The third-order valence-electron chi connectivity index (χ3n) is 15.8. The number of ketones is 3. The van der Waals surface area contributed by atoms with Gasteiger partial charge in [-0.15, -0.1) is 0 Å². The summed E-state index contributed by atoms with van der Waals surface area (Å²) in [7, 11) is 0. The number of ether oxygens (including phenoxy) is 2. The highest BCUT2D eigenvalue weighted by Gasteiger charge is 2.57. The van der Waals surface area contributed by atoms with Crippen LogP contribution in [0.2, 0.25) is 0 Å². The van der Waals surface area contributed by atoms with Crippen LogP contribution in [0.4, 0.5) is 0 Å². The second kappa shape index (κ2) is 20.9. The molecule has 1 unspecified atom stereocenters. The number of alkyl halides is 3. The third-order valence-corrected chi connectivity index (χ3v) is 15.8. The number of hydrogen-bond acceptors (Lipinski definition) is 6. The number of carboxylic acids is 1. The molecule has 368 valence electrons. The number of carbonyl (C=O) groups is 4. The maximum Gasteiger partial charge on any atom is 0.307 e. The molecule has 0 radical (unpaired) electrons. The molecular weight excluding hydrogens is 1210 g/mol. The van der Waals surface area contributed by atoms with Gasteiger partial charge in [0.05, 0.1) is 23.0 Å². The van der Waals surface area contributed by atoms with Crippen molar-refractivity contribution in [3.63, 3.8) is 0 Å². The Morgan fingerprint density at radius 3 is 1.79 bits per heavy atom. The van der Waals surface area contributed by atoms with Gasteiger partial charge >= 0.3 is 5.97 Å². The van der Waals surface area contributed by atoms with Gasteiger partial charge in [-0.05, 0) is 93.5 Å². The van der Waals surface area contributed by atoms with Gasteiger partial charge in [-0.2, -0.15) is 0 Å². The summed E-state index contributed by atoms with van der Waals surface area (Å²) in [5.41, 5.74) is 5.52. The molecule has 8 aliphatic rings. The molecule has 4 aromatic carbocycles. The van der Waals surface area contributed by atoms with Crippen molar-refractivity contribution in [1.29, 1.82) is 0 Å². The van der Waals surface area contributed by atoms with Gasteiger partial charge < -0.3 is 14.6 Å². The van der Waals surface area contributed by atoms with E-state index < -0.39 is 11.9 Å². The molecule has 10 heteroatoms. The fraction of sp³-hybridized carbons (Fsp3) is 0.400. The number of carbonyl (C=O) groups excluding carboxylic acids is 3. The van der Waals surface area contributed by atoms with E-state index in [9.17, 15) is 24.3 Å². The number of allylic oxidation sites excluding steroid dienone is 8. The van der Waals surface area contributed by atoms with Crippen LogP contribution in [0, 0.1) is 28.6 Å². The first kappa shape index (κ1) is 53.9. The fourth-order valence-corrected chi connectivity index (χ4v) is 12.5. The minimum absolute atomic E-state index is 0. The second-order valence-electron chi connectivity index (χ2n) is 20.0. The van der Waals surface area contributed by atoms with Gasteiger partial charge in [0.15, 0.2) is 11.6 Å². The van der Waals surface area contributed by atoms with Gasteiger partial charge in [0, 0.05) is 49.4 Å². The number of rotatable bonds is 3. The average molecular weight is 1280 g/mol. The minimum Gasteiger partial charge on any atom is -0.489 e. The maximum absolute atomic E-state index is 13.3. The molecule has 4 aromatic rings. The van der Waals surface area contributed by atoms with E-state index in [0.717, 1.165) is 53.7 Å². The zero-order chi connectivity index (χ0) is 47.0. The summed E-state index contributed by atoms with van der Waals surface area (Å²) in [6.45, 7) is 6.68. The molecular formula is C60H65I3O7. The van der Waals surface area contributed by atoms with E-state index in [4.69, 9.17) is 9.47 Å². The third kappa shape index (κ3) is 10.1. The Morgan fingerprint density at radius 2 is 1.17 bits per heavy atom. The molecule has 2 fully saturated rings. The lowest BCUT2D eigenvalue weighted by molar-refractivity contribution is -0.144. The first-order valence-corrected chi connectivity index (χ1v) is 26.7. The molecule has 2 saturated carbocycles. The first-order valence-electron chi connectivity index (χ1n) is 23.5. The number of aliphatic carboxylic acids is 1. The highest BCUT2D eigenvalue weighted by molar-refractivity contribution is 14.3. The molecule has 7 nitrogen and oxygen atoms in total. The standard InChI is InChI=1S/C28H26O4.C27H24O3.C2H3I3.3CH4/c1-28-11-10-19-13-21-24(29)14-20(27(30)31)15-25(21)32-26(19)23(28)9-8-22(28)18-7-6-16-4-2-3-5-17(16)12-18;1-27-12-11-19-14-20-22(28)7-4-8-24(20)30-26(19)21(27)15-23(29)25(27)18-10-9-16-5-2-3-6-17(16)13-18;1-2(3,4)5;;;/h2-7,10-13,20,22-23,26H,8-9,14-15H2,1H3,(H,30,31);2-3,5-6,9-14,21,25-26H,4,7-8,15H2,1H3;1H3;3*1H4/t20?,22-,23+,26-,28-;21-,25-,26+,27-;;;;/m10..../s1. The van der Waals surface area contributed by atoms with E-state index in [0.29, 0.717) is 41.9 Å². The summed E-state index contributed by atoms with van der Waals surface area (Å²) >= 11 is 7.05. The lowest BCUT2D eigenvalue weighted by Crippen LogP contribution is -2.41. The number of carboxylic acid groups (broad SMARTS) is 1. The van der Waals surface area contributed by atoms with E-state index in [1.165, 1.54) is 27.1 Å². The van der Waals surface area contributed by atoms with Crippen LogP contribution < -0.4 is 0 Å². The Hall–Kier alpha value is -3.89. The van der Waals surface area contributed by atoms with Gasteiger partial charge in [0.2, 0.25) is 0 Å². The van der Waals surface area contributed by atoms with Crippen LogP contribution in [0.15, 0.2) is 155 Å². The van der Waals surface area contributed by atoms with Crippen molar-refractivity contribution in [2.24, 2.45) is 28.6 Å². The van der Waals surface area contributed by atoms with Crippen LogP contribution in [0.3, 0.4) is 0 Å². The molecule has 0 amide bonds. The van der Waals surface area contributed by atoms with Crippen molar-refractivity contribution >= 4 is 113 Å². The number of halogens is 3. The molecule has 2 heterocycles. The summed E-state index contributed by atoms with van der Waals surface area (Å²) in [6.07, 6.45) is 17.8. The maximum atomic E-state index is 13.3. The molecule has 12 rings (SSSR count). The highest BCUT2D eigenvalue weighted by Crippen LogP contribution is 2.61. The minimum atomic E-state index is -0.922. The molecule has 0 spiro atoms. The molecule has 9 atom stereocenters. The summed E-state index contributed by atoms with van der Waals surface area (Å²) in [4.78, 5) is 49.8. The predicted octanol–water partition coefficient (Wildman–Crippen LogP) is 15.8. The first-order chi connectivity index (χ1) is 32.0. The lowest BCUT2D eigenvalue weighted by Gasteiger charge is -2.44. The Bertz CT molecular complexity index is 2940.